The Morgan fingerprint density at radius 3 is 2.26 bits per heavy atom. The fraction of sp³-hybridized carbons (Fsp3) is 0.417. The summed E-state index contributed by atoms with van der Waals surface area (Å²) in [6.45, 7) is 4.62. The molecular formula is C12H19O6P. The highest BCUT2D eigenvalue weighted by Gasteiger charge is 2.01. The van der Waals surface area contributed by atoms with Crippen molar-refractivity contribution in [1.82, 2.24) is 0 Å². The van der Waals surface area contributed by atoms with Crippen molar-refractivity contribution in [1.29, 1.82) is 0 Å². The fourth-order valence-electron chi connectivity index (χ4n) is 1.03. The summed E-state index contributed by atoms with van der Waals surface area (Å²) in [6, 6.07) is 4.41. The van der Waals surface area contributed by atoms with Crippen molar-refractivity contribution in [2.75, 3.05) is 20.3 Å². The summed E-state index contributed by atoms with van der Waals surface area (Å²) in [5.41, 5.74) is 0.486. The van der Waals surface area contributed by atoms with Crippen LogP contribution in [0.4, 0.5) is 0 Å². The third-order valence-electron chi connectivity index (χ3n) is 1.82. The number of carbonyl (C=O) groups excluding carboxylic acids is 1. The van der Waals surface area contributed by atoms with Gasteiger partial charge in [0, 0.05) is 5.56 Å². The van der Waals surface area contributed by atoms with Gasteiger partial charge in [-0.1, -0.05) is 0 Å². The Morgan fingerprint density at radius 2 is 1.84 bits per heavy atom. The van der Waals surface area contributed by atoms with Gasteiger partial charge in [0.15, 0.2) is 11.5 Å². The average molecular weight is 290 g/mol. The van der Waals surface area contributed by atoms with E-state index in [-0.39, 0.29) is 5.75 Å². The summed E-state index contributed by atoms with van der Waals surface area (Å²) < 4.78 is 14.1. The molecule has 2 N–H and O–H groups in total. The summed E-state index contributed by atoms with van der Waals surface area (Å²) >= 11 is 0. The second kappa shape index (κ2) is 10.7. The Morgan fingerprint density at radius 1 is 1.26 bits per heavy atom. The van der Waals surface area contributed by atoms with Crippen LogP contribution in [0.15, 0.2) is 18.2 Å². The molecule has 7 heteroatoms. The number of aldehydes is 1. The van der Waals surface area contributed by atoms with Crippen LogP contribution in [0.5, 0.6) is 11.5 Å². The lowest BCUT2D eigenvalue weighted by molar-refractivity contribution is 0.112. The SMILES string of the molecule is CCOP(O)OCC.COc1cc(C=O)ccc1O. The van der Waals surface area contributed by atoms with E-state index < -0.39 is 8.60 Å². The molecule has 0 saturated carbocycles. The molecule has 0 radical (unpaired) electrons. The topological polar surface area (TPSA) is 85.2 Å². The minimum absolute atomic E-state index is 0.0399. The molecule has 1 aromatic carbocycles. The van der Waals surface area contributed by atoms with Crippen LogP contribution in [0.25, 0.3) is 0 Å². The lowest BCUT2D eigenvalue weighted by Crippen LogP contribution is -1.87. The molecule has 1 rings (SSSR count). The van der Waals surface area contributed by atoms with E-state index in [4.69, 9.17) is 14.7 Å². The molecule has 0 aliphatic heterocycles. The summed E-state index contributed by atoms with van der Waals surface area (Å²) in [5.74, 6) is 0.354. The van der Waals surface area contributed by atoms with E-state index in [9.17, 15) is 4.79 Å². The molecule has 0 atom stereocenters. The van der Waals surface area contributed by atoms with Gasteiger partial charge in [0.25, 0.3) is 0 Å². The molecule has 0 fully saturated rings. The molecule has 1 aromatic rings. The molecule has 108 valence electrons. The van der Waals surface area contributed by atoms with Gasteiger partial charge < -0.3 is 23.8 Å². The molecular weight excluding hydrogens is 271 g/mol. The maximum atomic E-state index is 10.2. The Labute approximate surface area is 113 Å². The minimum atomic E-state index is -1.58. The second-order valence-corrected chi connectivity index (χ2v) is 4.11. The Balaban J connectivity index is 0.000000362. The highest BCUT2D eigenvalue weighted by atomic mass is 31.2. The maximum absolute atomic E-state index is 10.2. The van der Waals surface area contributed by atoms with Gasteiger partial charge in [-0.3, -0.25) is 4.79 Å². The van der Waals surface area contributed by atoms with Crippen molar-refractivity contribution in [2.24, 2.45) is 0 Å². The standard InChI is InChI=1S/C8H8O3.C4H11O3P/c1-11-8-4-6(5-9)2-3-7(8)10;1-3-6-8(5)7-4-2/h2-5,10H,1H3;5H,3-4H2,1-2H3. The van der Waals surface area contributed by atoms with Gasteiger partial charge in [-0.2, -0.15) is 0 Å². The van der Waals surface area contributed by atoms with Gasteiger partial charge in [0.2, 0.25) is 0 Å². The van der Waals surface area contributed by atoms with E-state index in [2.05, 4.69) is 9.05 Å². The third kappa shape index (κ3) is 7.74. The van der Waals surface area contributed by atoms with E-state index in [1.807, 2.05) is 13.8 Å². The van der Waals surface area contributed by atoms with Crippen molar-refractivity contribution in [3.05, 3.63) is 23.8 Å². The predicted octanol–water partition coefficient (Wildman–Crippen LogP) is 2.49. The van der Waals surface area contributed by atoms with Crippen LogP contribution in [0.3, 0.4) is 0 Å². The minimum Gasteiger partial charge on any atom is -0.504 e. The Kier molecular flexibility index (Phi) is 10.0. The van der Waals surface area contributed by atoms with Crippen LogP contribution in [0.2, 0.25) is 0 Å². The second-order valence-electron chi connectivity index (χ2n) is 3.12. The molecule has 0 saturated heterocycles. The zero-order valence-electron chi connectivity index (χ0n) is 11.2. The lowest BCUT2D eigenvalue weighted by atomic mass is 10.2. The zero-order valence-corrected chi connectivity index (χ0v) is 12.1. The normalized spacial score (nSPS) is 9.74. The molecule has 6 nitrogen and oxygen atoms in total. The predicted molar refractivity (Wildman–Crippen MR) is 72.4 cm³/mol. The molecule has 19 heavy (non-hydrogen) atoms. The van der Waals surface area contributed by atoms with Crippen LogP contribution in [-0.2, 0) is 9.05 Å². The first-order valence-corrected chi connectivity index (χ1v) is 6.79. The Bertz CT molecular complexity index is 365. The number of rotatable bonds is 6. The monoisotopic (exact) mass is 290 g/mol. The van der Waals surface area contributed by atoms with Crippen LogP contribution in [0, 0.1) is 0 Å². The highest BCUT2D eigenvalue weighted by Crippen LogP contribution is 2.31. The molecule has 0 unspecified atom stereocenters. The number of hydrogen-bond donors (Lipinski definition) is 2. The van der Waals surface area contributed by atoms with Crippen LogP contribution in [0.1, 0.15) is 24.2 Å². The summed E-state index contributed by atoms with van der Waals surface area (Å²) in [7, 11) is -0.147. The van der Waals surface area contributed by atoms with E-state index in [1.165, 1.54) is 25.3 Å². The first kappa shape index (κ1) is 17.8. The van der Waals surface area contributed by atoms with Crippen LogP contribution in [-0.4, -0.2) is 36.6 Å². The number of benzene rings is 1. The molecule has 0 aliphatic carbocycles. The summed E-state index contributed by atoms with van der Waals surface area (Å²) in [5, 5.41) is 9.09. The zero-order chi connectivity index (χ0) is 14.7. The summed E-state index contributed by atoms with van der Waals surface area (Å²) in [4.78, 5) is 18.9. The molecule has 0 aliphatic rings. The van der Waals surface area contributed by atoms with Crippen LogP contribution < -0.4 is 4.74 Å². The Hall–Kier alpha value is -1.20. The van der Waals surface area contributed by atoms with Gasteiger partial charge >= 0.3 is 8.60 Å². The van der Waals surface area contributed by atoms with Gasteiger partial charge in [0.1, 0.15) is 6.29 Å². The number of phenolic OH excluding ortho intramolecular Hbond substituents is 1. The summed E-state index contributed by atoms with van der Waals surface area (Å²) in [6.07, 6.45) is 0.696. The molecule has 0 spiro atoms. The van der Waals surface area contributed by atoms with Crippen LogP contribution >= 0.6 is 8.60 Å². The van der Waals surface area contributed by atoms with Crippen molar-refractivity contribution in [3.63, 3.8) is 0 Å². The number of hydrogen-bond acceptors (Lipinski definition) is 6. The molecule has 0 amide bonds. The number of phenols is 1. The van der Waals surface area contributed by atoms with Gasteiger partial charge in [0.05, 0.1) is 20.3 Å². The van der Waals surface area contributed by atoms with Gasteiger partial charge in [-0.15, -0.1) is 0 Å². The largest absolute Gasteiger partial charge is 0.504 e. The quantitative estimate of drug-likeness (QED) is 0.618. The van der Waals surface area contributed by atoms with Crippen molar-refractivity contribution < 1.29 is 28.6 Å². The average Bonchev–Trinajstić information content (AvgIpc) is 2.41. The van der Waals surface area contributed by atoms with E-state index in [1.54, 1.807) is 0 Å². The first-order chi connectivity index (χ1) is 9.08. The maximum Gasteiger partial charge on any atom is 0.329 e. The molecule has 0 aromatic heterocycles. The third-order valence-corrected chi connectivity index (χ3v) is 2.78. The molecule has 0 heterocycles. The van der Waals surface area contributed by atoms with Crippen molar-refractivity contribution in [2.45, 2.75) is 13.8 Å². The van der Waals surface area contributed by atoms with E-state index in [0.717, 1.165) is 0 Å². The number of carbonyl (C=O) groups is 1. The van der Waals surface area contributed by atoms with E-state index in [0.29, 0.717) is 30.8 Å². The smallest absolute Gasteiger partial charge is 0.329 e. The van der Waals surface area contributed by atoms with Crippen molar-refractivity contribution >= 4 is 14.9 Å². The van der Waals surface area contributed by atoms with Crippen molar-refractivity contribution in [3.8, 4) is 11.5 Å². The van der Waals surface area contributed by atoms with Gasteiger partial charge in [-0.05, 0) is 32.0 Å². The lowest BCUT2D eigenvalue weighted by Gasteiger charge is -2.05. The highest BCUT2D eigenvalue weighted by molar-refractivity contribution is 7.40. The van der Waals surface area contributed by atoms with Gasteiger partial charge in [-0.25, -0.2) is 0 Å². The number of ether oxygens (including phenoxy) is 1. The fourth-order valence-corrected chi connectivity index (χ4v) is 1.54. The number of methoxy groups -OCH3 is 1. The number of aromatic hydroxyl groups is 1. The van der Waals surface area contributed by atoms with E-state index >= 15 is 0 Å². The molecule has 0 bridgehead atoms. The first-order valence-electron chi connectivity index (χ1n) is 5.66.